The van der Waals surface area contributed by atoms with E-state index in [0.717, 1.165) is 16.7 Å². The van der Waals surface area contributed by atoms with Gasteiger partial charge in [-0.15, -0.1) is 0 Å². The van der Waals surface area contributed by atoms with Crippen molar-refractivity contribution in [2.24, 2.45) is 0 Å². The summed E-state index contributed by atoms with van der Waals surface area (Å²) in [7, 11) is 0. The van der Waals surface area contributed by atoms with Crippen molar-refractivity contribution in [3.8, 4) is 11.1 Å². The summed E-state index contributed by atoms with van der Waals surface area (Å²) < 4.78 is 0. The molecule has 0 amide bonds. The third kappa shape index (κ3) is 1.97. The van der Waals surface area contributed by atoms with Crippen LogP contribution < -0.4 is 11.5 Å². The maximum Gasteiger partial charge on any atom is 0.196 e. The highest BCUT2D eigenvalue weighted by Crippen LogP contribution is 2.40. The molecule has 0 aliphatic heterocycles. The van der Waals surface area contributed by atoms with Gasteiger partial charge in [0, 0.05) is 33.6 Å². The van der Waals surface area contributed by atoms with E-state index in [1.54, 1.807) is 12.1 Å². The summed E-state index contributed by atoms with van der Waals surface area (Å²) in [5.74, 6) is -0.127. The average molecular weight is 330 g/mol. The summed E-state index contributed by atoms with van der Waals surface area (Å²) in [5, 5.41) is 0. The van der Waals surface area contributed by atoms with Crippen LogP contribution in [-0.4, -0.2) is 10.6 Å². The van der Waals surface area contributed by atoms with Crippen LogP contribution in [0.3, 0.4) is 0 Å². The Labute approximate surface area is 144 Å². The summed E-state index contributed by atoms with van der Waals surface area (Å²) in [6, 6.07) is 18.8. The van der Waals surface area contributed by atoms with Gasteiger partial charge in [0.25, 0.3) is 0 Å². The number of hydrogen-bond donors (Lipinski definition) is 2. The van der Waals surface area contributed by atoms with Gasteiger partial charge in [-0.1, -0.05) is 66.8 Å². The number of fused-ring (bicyclic) bond motifs is 2. The van der Waals surface area contributed by atoms with E-state index in [-0.39, 0.29) is 5.78 Å². The first kappa shape index (κ1) is 14.6. The quantitative estimate of drug-likeness (QED) is 0.411. The zero-order valence-corrected chi connectivity index (χ0v) is 13.6. The molecule has 24 heavy (non-hydrogen) atoms. The number of thiocarbonyl (C=S) groups is 1. The molecule has 4 heteroatoms. The van der Waals surface area contributed by atoms with Crippen LogP contribution in [0.25, 0.3) is 11.1 Å². The van der Waals surface area contributed by atoms with Crippen LogP contribution in [0.2, 0.25) is 0 Å². The van der Waals surface area contributed by atoms with Crippen molar-refractivity contribution < 1.29 is 4.79 Å². The van der Waals surface area contributed by atoms with E-state index in [4.69, 9.17) is 23.7 Å². The van der Waals surface area contributed by atoms with Crippen LogP contribution in [-0.2, 0) is 0 Å². The molecule has 1 aliphatic rings. The van der Waals surface area contributed by atoms with Gasteiger partial charge in [-0.25, -0.2) is 0 Å². The van der Waals surface area contributed by atoms with Crippen LogP contribution in [0.1, 0.15) is 27.0 Å². The maximum atomic E-state index is 12.9. The molecule has 0 saturated heterocycles. The lowest BCUT2D eigenvalue weighted by atomic mass is 9.81. The molecule has 0 saturated carbocycles. The SMILES string of the molecule is Nc1cc(-c2ccccc2)c(N)c2c1C(=O)c1ccccc1C2=S. The Hall–Kier alpha value is -2.98. The molecule has 4 N–H and O–H groups in total. The molecule has 0 radical (unpaired) electrons. The first-order chi connectivity index (χ1) is 11.6. The molecule has 3 aromatic rings. The lowest BCUT2D eigenvalue weighted by Gasteiger charge is -2.24. The smallest absolute Gasteiger partial charge is 0.196 e. The van der Waals surface area contributed by atoms with Gasteiger partial charge in [0.1, 0.15) is 0 Å². The Morgan fingerprint density at radius 1 is 0.750 bits per heavy atom. The highest BCUT2D eigenvalue weighted by atomic mass is 32.1. The minimum absolute atomic E-state index is 0.127. The van der Waals surface area contributed by atoms with E-state index in [1.807, 2.05) is 48.5 Å². The van der Waals surface area contributed by atoms with Gasteiger partial charge in [0.2, 0.25) is 0 Å². The highest BCUT2D eigenvalue weighted by molar-refractivity contribution is 7.81. The molecule has 0 bridgehead atoms. The zero-order valence-electron chi connectivity index (χ0n) is 12.7. The van der Waals surface area contributed by atoms with Crippen LogP contribution in [0.15, 0.2) is 60.7 Å². The summed E-state index contributed by atoms with van der Waals surface area (Å²) in [4.78, 5) is 13.5. The van der Waals surface area contributed by atoms with Gasteiger partial charge >= 0.3 is 0 Å². The lowest BCUT2D eigenvalue weighted by Crippen LogP contribution is -2.23. The molecule has 0 fully saturated rings. The first-order valence-electron chi connectivity index (χ1n) is 7.55. The van der Waals surface area contributed by atoms with Crippen LogP contribution >= 0.6 is 12.2 Å². The summed E-state index contributed by atoms with van der Waals surface area (Å²) in [6.45, 7) is 0. The van der Waals surface area contributed by atoms with Gasteiger partial charge in [-0.3, -0.25) is 4.79 Å². The Bertz CT molecular complexity index is 1010. The second-order valence-corrected chi connectivity index (χ2v) is 6.16. The minimum Gasteiger partial charge on any atom is -0.398 e. The summed E-state index contributed by atoms with van der Waals surface area (Å²) >= 11 is 5.64. The molecule has 1 aliphatic carbocycles. The second kappa shape index (κ2) is 5.28. The fourth-order valence-corrected chi connectivity index (χ4v) is 3.59. The highest BCUT2D eigenvalue weighted by Gasteiger charge is 2.31. The standard InChI is InChI=1S/C20H14N2OS/c21-15-10-14(11-6-2-1-3-7-11)18(22)17-16(15)19(23)12-8-4-5-9-13(12)20(17)24/h1-10H,21-22H2. The molecule has 0 spiro atoms. The van der Waals surface area contributed by atoms with Gasteiger partial charge in [0.15, 0.2) is 5.78 Å². The number of carbonyl (C=O) groups excluding carboxylic acids is 1. The average Bonchev–Trinajstić information content (AvgIpc) is 2.62. The fraction of sp³-hybridized carbons (Fsp3) is 0. The van der Waals surface area contributed by atoms with Crippen LogP contribution in [0.4, 0.5) is 11.4 Å². The Morgan fingerprint density at radius 2 is 1.38 bits per heavy atom. The van der Waals surface area contributed by atoms with Gasteiger partial charge in [-0.05, 0) is 11.6 Å². The number of anilines is 2. The lowest BCUT2D eigenvalue weighted by molar-refractivity contribution is 0.103. The van der Waals surface area contributed by atoms with E-state index >= 15 is 0 Å². The summed E-state index contributed by atoms with van der Waals surface area (Å²) in [6.07, 6.45) is 0. The summed E-state index contributed by atoms with van der Waals surface area (Å²) in [5.41, 5.74) is 17.6. The van der Waals surface area contributed by atoms with Crippen molar-refractivity contribution in [2.75, 3.05) is 11.5 Å². The first-order valence-corrected chi connectivity index (χ1v) is 7.96. The predicted octanol–water partition coefficient (Wildman–Crippen LogP) is 3.83. The molecule has 0 heterocycles. The van der Waals surface area contributed by atoms with Crippen molar-refractivity contribution in [3.05, 3.63) is 82.9 Å². The van der Waals surface area contributed by atoms with E-state index in [9.17, 15) is 4.79 Å². The molecule has 0 unspecified atom stereocenters. The van der Waals surface area contributed by atoms with E-state index in [0.29, 0.717) is 32.9 Å². The number of ketones is 1. The number of hydrogen-bond acceptors (Lipinski definition) is 4. The second-order valence-electron chi connectivity index (χ2n) is 5.75. The van der Waals surface area contributed by atoms with Crippen LogP contribution in [0, 0.1) is 0 Å². The topological polar surface area (TPSA) is 69.1 Å². The zero-order chi connectivity index (χ0) is 16.8. The molecule has 0 aromatic heterocycles. The fourth-order valence-electron chi connectivity index (χ4n) is 3.20. The van der Waals surface area contributed by atoms with Gasteiger partial charge in [0.05, 0.1) is 10.4 Å². The number of carbonyl (C=O) groups is 1. The predicted molar refractivity (Wildman–Crippen MR) is 101 cm³/mol. The largest absolute Gasteiger partial charge is 0.398 e. The molecule has 4 rings (SSSR count). The molecular weight excluding hydrogens is 316 g/mol. The van der Waals surface area contributed by atoms with Crippen molar-refractivity contribution in [1.29, 1.82) is 0 Å². The molecule has 3 aromatic carbocycles. The Kier molecular flexibility index (Phi) is 3.22. The number of rotatable bonds is 1. The van der Waals surface area contributed by atoms with Crippen molar-refractivity contribution in [3.63, 3.8) is 0 Å². The molecule has 116 valence electrons. The van der Waals surface area contributed by atoms with E-state index in [1.165, 1.54) is 0 Å². The van der Waals surface area contributed by atoms with Crippen molar-refractivity contribution >= 4 is 34.2 Å². The van der Waals surface area contributed by atoms with Crippen molar-refractivity contribution in [2.45, 2.75) is 0 Å². The Balaban J connectivity index is 2.04. The third-order valence-electron chi connectivity index (χ3n) is 4.35. The Morgan fingerprint density at radius 3 is 2.08 bits per heavy atom. The molecule has 3 nitrogen and oxygen atoms in total. The van der Waals surface area contributed by atoms with E-state index in [2.05, 4.69) is 0 Å². The van der Waals surface area contributed by atoms with Crippen LogP contribution in [0.5, 0.6) is 0 Å². The number of nitrogens with two attached hydrogens (primary N) is 2. The molecular formula is C20H14N2OS. The monoisotopic (exact) mass is 330 g/mol. The molecule has 0 atom stereocenters. The number of benzene rings is 3. The van der Waals surface area contributed by atoms with Gasteiger partial charge in [-0.2, -0.15) is 0 Å². The van der Waals surface area contributed by atoms with Gasteiger partial charge < -0.3 is 11.5 Å². The third-order valence-corrected chi connectivity index (χ3v) is 4.78. The number of nitrogen functional groups attached to an aromatic ring is 2. The normalized spacial score (nSPS) is 12.7. The minimum atomic E-state index is -0.127. The van der Waals surface area contributed by atoms with E-state index < -0.39 is 0 Å². The maximum absolute atomic E-state index is 12.9. The van der Waals surface area contributed by atoms with Crippen molar-refractivity contribution in [1.82, 2.24) is 0 Å².